The Hall–Kier alpha value is -1.84. The molecule has 1 unspecified atom stereocenters. The number of nitrogens with one attached hydrogen (secondary N) is 1. The van der Waals surface area contributed by atoms with Gasteiger partial charge >= 0.3 is 5.97 Å². The largest absolute Gasteiger partial charge is 0.461 e. The van der Waals surface area contributed by atoms with Gasteiger partial charge in [-0.05, 0) is 19.1 Å². The van der Waals surface area contributed by atoms with Gasteiger partial charge in [0.05, 0.1) is 0 Å². The van der Waals surface area contributed by atoms with Gasteiger partial charge in [-0.15, -0.1) is 0 Å². The zero-order valence-electron chi connectivity index (χ0n) is 8.97. The van der Waals surface area contributed by atoms with Crippen LogP contribution in [-0.2, 0) is 9.53 Å². The zero-order chi connectivity index (χ0) is 11.5. The highest BCUT2D eigenvalue weighted by molar-refractivity contribution is 5.97. The minimum Gasteiger partial charge on any atom is -0.461 e. The van der Waals surface area contributed by atoms with Crippen molar-refractivity contribution in [2.45, 2.75) is 25.5 Å². The average Bonchev–Trinajstić information content (AvgIpc) is 2.59. The number of hydrogen-bond acceptors (Lipinski definition) is 3. The number of amides is 1. The number of esters is 1. The van der Waals surface area contributed by atoms with Gasteiger partial charge in [-0.3, -0.25) is 4.79 Å². The summed E-state index contributed by atoms with van der Waals surface area (Å²) >= 11 is 0. The van der Waals surface area contributed by atoms with E-state index in [0.29, 0.717) is 12.0 Å². The quantitative estimate of drug-likeness (QED) is 0.758. The fourth-order valence-corrected chi connectivity index (χ4v) is 1.71. The van der Waals surface area contributed by atoms with Crippen LogP contribution in [0.5, 0.6) is 0 Å². The number of benzene rings is 1. The second-order valence-corrected chi connectivity index (χ2v) is 3.88. The molecule has 84 valence electrons. The molecule has 1 N–H and O–H groups in total. The van der Waals surface area contributed by atoms with Crippen LogP contribution in [0.3, 0.4) is 0 Å². The molecule has 1 saturated heterocycles. The topological polar surface area (TPSA) is 55.4 Å². The van der Waals surface area contributed by atoms with Gasteiger partial charge in [-0.2, -0.15) is 0 Å². The first-order chi connectivity index (χ1) is 7.66. The predicted octanol–water partition coefficient (Wildman–Crippen LogP) is 1.12. The van der Waals surface area contributed by atoms with Crippen LogP contribution >= 0.6 is 0 Å². The third kappa shape index (κ3) is 2.21. The maximum atomic E-state index is 11.7. The molecule has 0 saturated carbocycles. The average molecular weight is 219 g/mol. The van der Waals surface area contributed by atoms with Crippen molar-refractivity contribution in [1.82, 2.24) is 5.32 Å². The fourth-order valence-electron chi connectivity index (χ4n) is 1.71. The highest BCUT2D eigenvalue weighted by Gasteiger charge is 2.32. The smallest absolute Gasteiger partial charge is 0.329 e. The van der Waals surface area contributed by atoms with Crippen molar-refractivity contribution in [3.8, 4) is 0 Å². The van der Waals surface area contributed by atoms with E-state index in [2.05, 4.69) is 5.32 Å². The van der Waals surface area contributed by atoms with Crippen LogP contribution in [-0.4, -0.2) is 24.0 Å². The Morgan fingerprint density at radius 3 is 2.62 bits per heavy atom. The molecule has 0 spiro atoms. The summed E-state index contributed by atoms with van der Waals surface area (Å²) in [6, 6.07) is 8.30. The molecule has 16 heavy (non-hydrogen) atoms. The van der Waals surface area contributed by atoms with Gasteiger partial charge in [0.15, 0.2) is 0 Å². The van der Waals surface area contributed by atoms with E-state index in [1.54, 1.807) is 24.3 Å². The van der Waals surface area contributed by atoms with E-state index in [1.165, 1.54) is 0 Å². The van der Waals surface area contributed by atoms with Gasteiger partial charge in [0.1, 0.15) is 12.1 Å². The molecule has 0 radical (unpaired) electrons. The predicted molar refractivity (Wildman–Crippen MR) is 57.9 cm³/mol. The lowest BCUT2D eigenvalue weighted by Gasteiger charge is -2.08. The molecule has 1 amide bonds. The molecule has 1 aliphatic heterocycles. The molecule has 4 heteroatoms. The molecule has 0 aromatic heterocycles. The number of ether oxygens (including phenoxy) is 1. The summed E-state index contributed by atoms with van der Waals surface area (Å²) in [5.41, 5.74) is 0.551. The maximum Gasteiger partial charge on any atom is 0.329 e. The second kappa shape index (κ2) is 4.35. The summed E-state index contributed by atoms with van der Waals surface area (Å²) in [5.74, 6) is -0.589. The molecule has 4 nitrogen and oxygen atoms in total. The number of hydrogen-bond donors (Lipinski definition) is 1. The fraction of sp³-hybridized carbons (Fsp3) is 0.333. The molecular formula is C12H13NO3. The van der Waals surface area contributed by atoms with Crippen molar-refractivity contribution < 1.29 is 14.3 Å². The van der Waals surface area contributed by atoms with Gasteiger partial charge < -0.3 is 10.1 Å². The van der Waals surface area contributed by atoms with Gasteiger partial charge in [0.25, 0.3) is 5.91 Å². The summed E-state index contributed by atoms with van der Waals surface area (Å²) in [6.07, 6.45) is 0.422. The SMILES string of the molecule is CC1C[C@@H](NC(=O)c2ccccc2)C(=O)O1. The van der Waals surface area contributed by atoms with E-state index < -0.39 is 6.04 Å². The first kappa shape index (κ1) is 10.7. The van der Waals surface area contributed by atoms with Crippen molar-refractivity contribution in [3.63, 3.8) is 0 Å². The third-order valence-electron chi connectivity index (χ3n) is 2.51. The Kier molecular flexibility index (Phi) is 2.90. The Balaban J connectivity index is 2.01. The van der Waals surface area contributed by atoms with E-state index in [4.69, 9.17) is 4.74 Å². The highest BCUT2D eigenvalue weighted by atomic mass is 16.6. The summed E-state index contributed by atoms with van der Waals surface area (Å²) < 4.78 is 4.96. The van der Waals surface area contributed by atoms with Crippen LogP contribution in [0.2, 0.25) is 0 Å². The normalized spacial score (nSPS) is 23.9. The molecule has 0 bridgehead atoms. The number of carbonyl (C=O) groups excluding carboxylic acids is 2. The lowest BCUT2D eigenvalue weighted by atomic mass is 10.1. The molecule has 1 aromatic carbocycles. The van der Waals surface area contributed by atoms with Crippen LogP contribution in [0.4, 0.5) is 0 Å². The van der Waals surface area contributed by atoms with Crippen molar-refractivity contribution in [3.05, 3.63) is 35.9 Å². The number of cyclic esters (lactones) is 1. The lowest BCUT2D eigenvalue weighted by molar-refractivity contribution is -0.142. The van der Waals surface area contributed by atoms with Crippen LogP contribution in [0.15, 0.2) is 30.3 Å². The Morgan fingerprint density at radius 1 is 1.38 bits per heavy atom. The van der Waals surface area contributed by atoms with Crippen LogP contribution < -0.4 is 5.32 Å². The summed E-state index contributed by atoms with van der Waals surface area (Å²) in [4.78, 5) is 23.0. The minimum absolute atomic E-state index is 0.117. The number of rotatable bonds is 2. The molecule has 1 fully saturated rings. The highest BCUT2D eigenvalue weighted by Crippen LogP contribution is 2.14. The first-order valence-corrected chi connectivity index (χ1v) is 5.23. The maximum absolute atomic E-state index is 11.7. The molecular weight excluding hydrogens is 206 g/mol. The van der Waals surface area contributed by atoms with E-state index in [1.807, 2.05) is 13.0 Å². The molecule has 0 aliphatic carbocycles. The van der Waals surface area contributed by atoms with Crippen molar-refractivity contribution in [1.29, 1.82) is 0 Å². The van der Waals surface area contributed by atoms with E-state index in [0.717, 1.165) is 0 Å². The molecule has 2 rings (SSSR count). The third-order valence-corrected chi connectivity index (χ3v) is 2.51. The molecule has 2 atom stereocenters. The first-order valence-electron chi connectivity index (χ1n) is 5.23. The summed E-state index contributed by atoms with van der Waals surface area (Å²) in [7, 11) is 0. The van der Waals surface area contributed by atoms with Gasteiger partial charge in [-0.25, -0.2) is 4.79 Å². The monoisotopic (exact) mass is 219 g/mol. The van der Waals surface area contributed by atoms with E-state index >= 15 is 0 Å². The molecule has 1 heterocycles. The number of carbonyl (C=O) groups is 2. The van der Waals surface area contributed by atoms with Crippen LogP contribution in [0.1, 0.15) is 23.7 Å². The minimum atomic E-state index is -0.511. The van der Waals surface area contributed by atoms with E-state index in [9.17, 15) is 9.59 Å². The van der Waals surface area contributed by atoms with Crippen LogP contribution in [0, 0.1) is 0 Å². The van der Waals surface area contributed by atoms with Gasteiger partial charge in [-0.1, -0.05) is 18.2 Å². The van der Waals surface area contributed by atoms with Crippen molar-refractivity contribution in [2.75, 3.05) is 0 Å². The Bertz CT molecular complexity index is 402. The zero-order valence-corrected chi connectivity index (χ0v) is 8.97. The molecule has 1 aromatic rings. The van der Waals surface area contributed by atoms with Crippen molar-refractivity contribution >= 4 is 11.9 Å². The summed E-state index contributed by atoms with van der Waals surface area (Å²) in [5, 5.41) is 2.66. The molecule has 1 aliphatic rings. The standard InChI is InChI=1S/C12H13NO3/c1-8-7-10(12(15)16-8)13-11(14)9-5-3-2-4-6-9/h2-6,8,10H,7H2,1H3,(H,13,14)/t8?,10-/m1/s1. The Labute approximate surface area is 93.6 Å². The van der Waals surface area contributed by atoms with E-state index in [-0.39, 0.29) is 18.0 Å². The van der Waals surface area contributed by atoms with Gasteiger partial charge in [0, 0.05) is 12.0 Å². The lowest BCUT2D eigenvalue weighted by Crippen LogP contribution is -2.37. The van der Waals surface area contributed by atoms with Crippen molar-refractivity contribution in [2.24, 2.45) is 0 Å². The van der Waals surface area contributed by atoms with Crippen LogP contribution in [0.25, 0.3) is 0 Å². The Morgan fingerprint density at radius 2 is 2.06 bits per heavy atom. The summed E-state index contributed by atoms with van der Waals surface area (Å²) in [6.45, 7) is 1.81. The van der Waals surface area contributed by atoms with Gasteiger partial charge in [0.2, 0.25) is 0 Å². The second-order valence-electron chi connectivity index (χ2n) is 3.88.